The summed E-state index contributed by atoms with van der Waals surface area (Å²) in [4.78, 5) is 0. The highest BCUT2D eigenvalue weighted by molar-refractivity contribution is 4.75. The molecular formula is C10H20. The van der Waals surface area contributed by atoms with Crippen LogP contribution in [0, 0.1) is 11.3 Å². The van der Waals surface area contributed by atoms with Gasteiger partial charge in [0.1, 0.15) is 0 Å². The maximum absolute atomic E-state index is 2.41. The van der Waals surface area contributed by atoms with E-state index in [1.807, 2.05) is 0 Å². The topological polar surface area (TPSA) is 0 Å². The van der Waals surface area contributed by atoms with Gasteiger partial charge in [-0.2, -0.15) is 0 Å². The van der Waals surface area contributed by atoms with Crippen LogP contribution < -0.4 is 0 Å². The Bertz CT molecular complexity index is 103. The SMILES string of the molecule is C[C@H]1CCCCC(C)(C)C1. The molecular weight excluding hydrogens is 120 g/mol. The van der Waals surface area contributed by atoms with Crippen LogP contribution in [0.25, 0.3) is 0 Å². The second-order valence-electron chi connectivity index (χ2n) is 4.72. The van der Waals surface area contributed by atoms with Gasteiger partial charge in [0.05, 0.1) is 0 Å². The molecule has 0 aromatic carbocycles. The van der Waals surface area contributed by atoms with Crippen molar-refractivity contribution in [3.05, 3.63) is 0 Å². The van der Waals surface area contributed by atoms with Crippen molar-refractivity contribution >= 4 is 0 Å². The monoisotopic (exact) mass is 140 g/mol. The summed E-state index contributed by atoms with van der Waals surface area (Å²) in [7, 11) is 0. The minimum Gasteiger partial charge on any atom is -0.0625 e. The third-order valence-electron chi connectivity index (χ3n) is 2.70. The predicted molar refractivity (Wildman–Crippen MR) is 46.0 cm³/mol. The van der Waals surface area contributed by atoms with Crippen LogP contribution in [0.5, 0.6) is 0 Å². The number of hydrogen-bond acceptors (Lipinski definition) is 0. The molecule has 0 unspecified atom stereocenters. The Morgan fingerprint density at radius 3 is 2.60 bits per heavy atom. The molecule has 0 aromatic rings. The Morgan fingerprint density at radius 2 is 1.90 bits per heavy atom. The van der Waals surface area contributed by atoms with E-state index in [4.69, 9.17) is 0 Å². The molecule has 0 saturated heterocycles. The summed E-state index contributed by atoms with van der Waals surface area (Å²) in [6, 6.07) is 0. The standard InChI is InChI=1S/C10H20/c1-9-6-4-5-7-10(2,3)8-9/h9H,4-8H2,1-3H3/t9-/m0/s1. The second-order valence-corrected chi connectivity index (χ2v) is 4.72. The van der Waals surface area contributed by atoms with Crippen molar-refractivity contribution in [2.24, 2.45) is 11.3 Å². The van der Waals surface area contributed by atoms with Crippen molar-refractivity contribution in [3.8, 4) is 0 Å². The zero-order chi connectivity index (χ0) is 7.61. The van der Waals surface area contributed by atoms with Gasteiger partial charge >= 0.3 is 0 Å². The van der Waals surface area contributed by atoms with E-state index in [1.54, 1.807) is 0 Å². The molecule has 0 spiro atoms. The molecule has 10 heavy (non-hydrogen) atoms. The van der Waals surface area contributed by atoms with Crippen molar-refractivity contribution in [1.82, 2.24) is 0 Å². The summed E-state index contributed by atoms with van der Waals surface area (Å²) in [6.07, 6.45) is 7.26. The molecule has 0 heterocycles. The highest BCUT2D eigenvalue weighted by atomic mass is 14.3. The Balaban J connectivity index is 2.46. The normalized spacial score (nSPS) is 33.3. The van der Waals surface area contributed by atoms with Gasteiger partial charge in [-0.3, -0.25) is 0 Å². The summed E-state index contributed by atoms with van der Waals surface area (Å²) >= 11 is 0. The van der Waals surface area contributed by atoms with E-state index in [-0.39, 0.29) is 0 Å². The van der Waals surface area contributed by atoms with Crippen LogP contribution in [-0.4, -0.2) is 0 Å². The number of hydrogen-bond donors (Lipinski definition) is 0. The van der Waals surface area contributed by atoms with Gasteiger partial charge in [-0.15, -0.1) is 0 Å². The molecule has 1 saturated carbocycles. The first-order valence-electron chi connectivity index (χ1n) is 4.60. The van der Waals surface area contributed by atoms with Crippen LogP contribution in [-0.2, 0) is 0 Å². The van der Waals surface area contributed by atoms with Gasteiger partial charge in [0, 0.05) is 0 Å². The number of rotatable bonds is 0. The van der Waals surface area contributed by atoms with Crippen LogP contribution >= 0.6 is 0 Å². The first-order chi connectivity index (χ1) is 4.60. The van der Waals surface area contributed by atoms with E-state index in [0.29, 0.717) is 5.41 Å². The van der Waals surface area contributed by atoms with Gasteiger partial charge < -0.3 is 0 Å². The van der Waals surface area contributed by atoms with Gasteiger partial charge in [0.25, 0.3) is 0 Å². The van der Waals surface area contributed by atoms with Crippen LogP contribution in [0.1, 0.15) is 52.9 Å². The Labute approximate surface area is 65.0 Å². The summed E-state index contributed by atoms with van der Waals surface area (Å²) in [5.74, 6) is 0.970. The lowest BCUT2D eigenvalue weighted by molar-refractivity contribution is 0.277. The molecule has 0 aromatic heterocycles. The summed E-state index contributed by atoms with van der Waals surface area (Å²) in [6.45, 7) is 7.22. The minimum atomic E-state index is 0.635. The second kappa shape index (κ2) is 2.94. The summed E-state index contributed by atoms with van der Waals surface area (Å²) in [5, 5.41) is 0. The molecule has 0 amide bonds. The first-order valence-corrected chi connectivity index (χ1v) is 4.60. The lowest BCUT2D eigenvalue weighted by atomic mass is 9.82. The summed E-state index contributed by atoms with van der Waals surface area (Å²) < 4.78 is 0. The Morgan fingerprint density at radius 1 is 1.20 bits per heavy atom. The molecule has 60 valence electrons. The van der Waals surface area contributed by atoms with Gasteiger partial charge in [0.2, 0.25) is 0 Å². The third-order valence-corrected chi connectivity index (χ3v) is 2.70. The predicted octanol–water partition coefficient (Wildman–Crippen LogP) is 3.61. The Kier molecular flexibility index (Phi) is 2.38. The highest BCUT2D eigenvalue weighted by Gasteiger charge is 2.23. The van der Waals surface area contributed by atoms with E-state index in [2.05, 4.69) is 20.8 Å². The quantitative estimate of drug-likeness (QED) is 0.451. The average molecular weight is 140 g/mol. The fourth-order valence-electron chi connectivity index (χ4n) is 2.24. The molecule has 0 radical (unpaired) electrons. The van der Waals surface area contributed by atoms with E-state index in [1.165, 1.54) is 32.1 Å². The fourth-order valence-corrected chi connectivity index (χ4v) is 2.24. The van der Waals surface area contributed by atoms with Crippen LogP contribution in [0.15, 0.2) is 0 Å². The fraction of sp³-hybridized carbons (Fsp3) is 1.00. The average Bonchev–Trinajstić information content (AvgIpc) is 1.90. The molecule has 1 atom stereocenters. The Hall–Kier alpha value is 0. The molecule has 0 heteroatoms. The molecule has 0 nitrogen and oxygen atoms in total. The zero-order valence-corrected chi connectivity index (χ0v) is 7.61. The molecule has 1 fully saturated rings. The van der Waals surface area contributed by atoms with Crippen molar-refractivity contribution in [2.45, 2.75) is 52.9 Å². The van der Waals surface area contributed by atoms with Gasteiger partial charge in [-0.1, -0.05) is 40.0 Å². The van der Waals surface area contributed by atoms with Crippen molar-refractivity contribution in [3.63, 3.8) is 0 Å². The van der Waals surface area contributed by atoms with Gasteiger partial charge in [0.15, 0.2) is 0 Å². The summed E-state index contributed by atoms with van der Waals surface area (Å²) in [5.41, 5.74) is 0.635. The van der Waals surface area contributed by atoms with E-state index in [0.717, 1.165) is 5.92 Å². The van der Waals surface area contributed by atoms with E-state index >= 15 is 0 Å². The van der Waals surface area contributed by atoms with Crippen LogP contribution in [0.4, 0.5) is 0 Å². The molecule has 1 rings (SSSR count). The molecule has 1 aliphatic rings. The van der Waals surface area contributed by atoms with E-state index < -0.39 is 0 Å². The molecule has 0 aliphatic heterocycles. The largest absolute Gasteiger partial charge is 0.0625 e. The van der Waals surface area contributed by atoms with E-state index in [9.17, 15) is 0 Å². The minimum absolute atomic E-state index is 0.635. The lowest BCUT2D eigenvalue weighted by Gasteiger charge is -2.24. The van der Waals surface area contributed by atoms with Gasteiger partial charge in [-0.25, -0.2) is 0 Å². The third kappa shape index (κ3) is 2.32. The molecule has 1 aliphatic carbocycles. The maximum Gasteiger partial charge on any atom is -0.0352 e. The first kappa shape index (κ1) is 8.10. The van der Waals surface area contributed by atoms with Crippen LogP contribution in [0.2, 0.25) is 0 Å². The van der Waals surface area contributed by atoms with Crippen molar-refractivity contribution < 1.29 is 0 Å². The van der Waals surface area contributed by atoms with Gasteiger partial charge in [-0.05, 0) is 24.2 Å². The van der Waals surface area contributed by atoms with Crippen molar-refractivity contribution in [1.29, 1.82) is 0 Å². The smallest absolute Gasteiger partial charge is 0.0352 e. The maximum atomic E-state index is 2.41. The molecule has 0 bridgehead atoms. The lowest BCUT2D eigenvalue weighted by Crippen LogP contribution is -2.12. The van der Waals surface area contributed by atoms with Crippen molar-refractivity contribution in [2.75, 3.05) is 0 Å². The molecule has 0 N–H and O–H groups in total. The highest BCUT2D eigenvalue weighted by Crippen LogP contribution is 2.36. The zero-order valence-electron chi connectivity index (χ0n) is 7.61. The van der Waals surface area contributed by atoms with Crippen LogP contribution in [0.3, 0.4) is 0 Å².